The maximum atomic E-state index is 11.1. The van der Waals surface area contributed by atoms with Gasteiger partial charge in [0.1, 0.15) is 0 Å². The number of ether oxygens (including phenoxy) is 1. The third-order valence-electron chi connectivity index (χ3n) is 4.05. The minimum Gasteiger partial charge on any atom is -0.379 e. The van der Waals surface area contributed by atoms with Crippen LogP contribution in [0.3, 0.4) is 0 Å². The van der Waals surface area contributed by atoms with Gasteiger partial charge in [0.2, 0.25) is 5.82 Å². The summed E-state index contributed by atoms with van der Waals surface area (Å²) in [6, 6.07) is 11.1. The number of anilines is 1. The number of aromatic nitrogens is 1. The van der Waals surface area contributed by atoms with Crippen LogP contribution in [-0.4, -0.2) is 41.1 Å². The average Bonchev–Trinajstić information content (AvgIpc) is 2.62. The molecular weight excluding hydrogens is 308 g/mol. The maximum Gasteiger partial charge on any atom is 0.311 e. The SMILES string of the molecule is O=[N+]([O-])c1cccnc1NCc1ccccc1CN1CCOCC1. The maximum absolute atomic E-state index is 11.1. The van der Waals surface area contributed by atoms with Gasteiger partial charge in [0.25, 0.3) is 0 Å². The Morgan fingerprint density at radius 2 is 1.92 bits per heavy atom. The summed E-state index contributed by atoms with van der Waals surface area (Å²) in [6.45, 7) is 4.73. The van der Waals surface area contributed by atoms with E-state index in [4.69, 9.17) is 4.74 Å². The van der Waals surface area contributed by atoms with Crippen molar-refractivity contribution < 1.29 is 9.66 Å². The zero-order valence-electron chi connectivity index (χ0n) is 13.4. The Kier molecular flexibility index (Phi) is 5.35. The van der Waals surface area contributed by atoms with E-state index in [2.05, 4.69) is 21.3 Å². The van der Waals surface area contributed by atoms with Gasteiger partial charge in [-0.25, -0.2) is 4.98 Å². The predicted octanol–water partition coefficient (Wildman–Crippen LogP) is 2.43. The van der Waals surface area contributed by atoms with Gasteiger partial charge < -0.3 is 10.1 Å². The zero-order valence-corrected chi connectivity index (χ0v) is 13.4. The van der Waals surface area contributed by atoms with Crippen molar-refractivity contribution in [1.82, 2.24) is 9.88 Å². The lowest BCUT2D eigenvalue weighted by Gasteiger charge is -2.27. The minimum absolute atomic E-state index is 0.0110. The van der Waals surface area contributed by atoms with E-state index in [9.17, 15) is 10.1 Å². The van der Waals surface area contributed by atoms with Crippen molar-refractivity contribution in [3.8, 4) is 0 Å². The van der Waals surface area contributed by atoms with Gasteiger partial charge in [-0.2, -0.15) is 0 Å². The van der Waals surface area contributed by atoms with E-state index in [-0.39, 0.29) is 5.69 Å². The van der Waals surface area contributed by atoms with Crippen molar-refractivity contribution in [2.75, 3.05) is 31.6 Å². The molecule has 2 aromatic rings. The molecular formula is C17H20N4O3. The Balaban J connectivity index is 1.70. The Morgan fingerprint density at radius 1 is 1.17 bits per heavy atom. The Hall–Kier alpha value is -2.51. The highest BCUT2D eigenvalue weighted by Gasteiger charge is 2.15. The lowest BCUT2D eigenvalue weighted by Crippen LogP contribution is -2.35. The summed E-state index contributed by atoms with van der Waals surface area (Å²) >= 11 is 0. The van der Waals surface area contributed by atoms with Gasteiger partial charge in [0, 0.05) is 38.4 Å². The highest BCUT2D eigenvalue weighted by atomic mass is 16.6. The van der Waals surface area contributed by atoms with Crippen LogP contribution in [0.1, 0.15) is 11.1 Å². The summed E-state index contributed by atoms with van der Waals surface area (Å²) in [7, 11) is 0. The fourth-order valence-corrected chi connectivity index (χ4v) is 2.74. The van der Waals surface area contributed by atoms with Crippen LogP contribution in [0.25, 0.3) is 0 Å². The van der Waals surface area contributed by atoms with Crippen LogP contribution < -0.4 is 5.32 Å². The quantitative estimate of drug-likeness (QED) is 0.648. The van der Waals surface area contributed by atoms with Crippen molar-refractivity contribution in [1.29, 1.82) is 0 Å². The Labute approximate surface area is 140 Å². The van der Waals surface area contributed by atoms with Crippen molar-refractivity contribution >= 4 is 11.5 Å². The molecule has 2 heterocycles. The fraction of sp³-hybridized carbons (Fsp3) is 0.353. The number of rotatable bonds is 6. The molecule has 1 fully saturated rings. The summed E-state index contributed by atoms with van der Waals surface area (Å²) in [5.74, 6) is 0.295. The first-order valence-corrected chi connectivity index (χ1v) is 7.94. The molecule has 0 amide bonds. The number of nitro groups is 1. The second-order valence-electron chi connectivity index (χ2n) is 5.64. The molecule has 0 spiro atoms. The van der Waals surface area contributed by atoms with Crippen LogP contribution in [0.5, 0.6) is 0 Å². The van der Waals surface area contributed by atoms with Gasteiger partial charge in [0.15, 0.2) is 0 Å². The molecule has 1 aliphatic rings. The number of morpholine rings is 1. The molecule has 1 N–H and O–H groups in total. The van der Waals surface area contributed by atoms with Crippen LogP contribution in [0.4, 0.5) is 11.5 Å². The van der Waals surface area contributed by atoms with Crippen LogP contribution >= 0.6 is 0 Å². The van der Waals surface area contributed by atoms with E-state index >= 15 is 0 Å². The lowest BCUT2D eigenvalue weighted by molar-refractivity contribution is -0.384. The van der Waals surface area contributed by atoms with Crippen molar-refractivity contribution in [2.24, 2.45) is 0 Å². The van der Waals surface area contributed by atoms with Gasteiger partial charge in [-0.1, -0.05) is 24.3 Å². The van der Waals surface area contributed by atoms with Crippen molar-refractivity contribution in [2.45, 2.75) is 13.1 Å². The second-order valence-corrected chi connectivity index (χ2v) is 5.64. The fourth-order valence-electron chi connectivity index (χ4n) is 2.74. The number of nitrogens with one attached hydrogen (secondary N) is 1. The molecule has 0 unspecified atom stereocenters. The van der Waals surface area contributed by atoms with Crippen LogP contribution in [0.15, 0.2) is 42.6 Å². The molecule has 1 aromatic carbocycles. The summed E-state index contributed by atoms with van der Waals surface area (Å²) in [5.41, 5.74) is 2.32. The molecule has 0 bridgehead atoms. The molecule has 7 nitrogen and oxygen atoms in total. The molecule has 0 radical (unpaired) electrons. The molecule has 3 rings (SSSR count). The summed E-state index contributed by atoms with van der Waals surface area (Å²) < 4.78 is 5.38. The Morgan fingerprint density at radius 3 is 2.67 bits per heavy atom. The number of pyridine rings is 1. The lowest BCUT2D eigenvalue weighted by atomic mass is 10.1. The molecule has 1 aliphatic heterocycles. The molecule has 1 aromatic heterocycles. The van der Waals surface area contributed by atoms with E-state index in [1.807, 2.05) is 18.2 Å². The number of nitrogens with zero attached hydrogens (tertiary/aromatic N) is 3. The van der Waals surface area contributed by atoms with E-state index in [0.717, 1.165) is 38.4 Å². The number of hydrogen-bond donors (Lipinski definition) is 1. The molecule has 1 saturated heterocycles. The average molecular weight is 328 g/mol. The van der Waals surface area contributed by atoms with E-state index in [1.165, 1.54) is 11.6 Å². The van der Waals surface area contributed by atoms with Gasteiger partial charge in [0.05, 0.1) is 18.1 Å². The topological polar surface area (TPSA) is 80.5 Å². The molecule has 0 saturated carbocycles. The van der Waals surface area contributed by atoms with Gasteiger partial charge in [-0.15, -0.1) is 0 Å². The van der Waals surface area contributed by atoms with Gasteiger partial charge in [-0.05, 0) is 17.2 Å². The van der Waals surface area contributed by atoms with Crippen LogP contribution in [-0.2, 0) is 17.8 Å². The first-order chi connectivity index (χ1) is 11.7. The monoisotopic (exact) mass is 328 g/mol. The smallest absolute Gasteiger partial charge is 0.311 e. The first-order valence-electron chi connectivity index (χ1n) is 7.94. The van der Waals surface area contributed by atoms with Crippen LogP contribution in [0, 0.1) is 10.1 Å². The highest BCUT2D eigenvalue weighted by molar-refractivity contribution is 5.55. The third-order valence-corrected chi connectivity index (χ3v) is 4.05. The molecule has 0 atom stereocenters. The van der Waals surface area contributed by atoms with Crippen molar-refractivity contribution in [3.05, 3.63) is 63.8 Å². The van der Waals surface area contributed by atoms with Crippen molar-refractivity contribution in [3.63, 3.8) is 0 Å². The van der Waals surface area contributed by atoms with Crippen LogP contribution in [0.2, 0.25) is 0 Å². The molecule has 126 valence electrons. The first kappa shape index (κ1) is 16.4. The number of benzene rings is 1. The summed E-state index contributed by atoms with van der Waals surface area (Å²) in [5, 5.41) is 14.2. The van der Waals surface area contributed by atoms with E-state index < -0.39 is 4.92 Å². The highest BCUT2D eigenvalue weighted by Crippen LogP contribution is 2.22. The zero-order chi connectivity index (χ0) is 16.8. The van der Waals surface area contributed by atoms with E-state index in [1.54, 1.807) is 12.3 Å². The minimum atomic E-state index is -0.422. The molecule has 24 heavy (non-hydrogen) atoms. The predicted molar refractivity (Wildman–Crippen MR) is 90.8 cm³/mol. The third kappa shape index (κ3) is 4.06. The summed E-state index contributed by atoms with van der Waals surface area (Å²) in [4.78, 5) is 17.1. The van der Waals surface area contributed by atoms with Gasteiger partial charge >= 0.3 is 5.69 Å². The standard InChI is InChI=1S/C17H20N4O3/c22-21(23)16-6-3-7-18-17(16)19-12-14-4-1-2-5-15(14)13-20-8-10-24-11-9-20/h1-7H,8-13H2,(H,18,19). The molecule has 7 heteroatoms. The summed E-state index contributed by atoms with van der Waals surface area (Å²) in [6.07, 6.45) is 1.55. The Bertz CT molecular complexity index is 702. The van der Waals surface area contributed by atoms with E-state index in [0.29, 0.717) is 12.4 Å². The number of hydrogen-bond acceptors (Lipinski definition) is 6. The normalized spacial score (nSPS) is 15.2. The van der Waals surface area contributed by atoms with Gasteiger partial charge in [-0.3, -0.25) is 15.0 Å². The molecule has 0 aliphatic carbocycles. The largest absolute Gasteiger partial charge is 0.379 e. The second kappa shape index (κ2) is 7.85.